The molecular formula is C28H39NO3. The fraction of sp³-hybridized carbons (Fsp3) is 0.464. The minimum absolute atomic E-state index is 0.591. The first-order valence-corrected chi connectivity index (χ1v) is 11.8. The van der Waals surface area contributed by atoms with Crippen molar-refractivity contribution in [3.05, 3.63) is 70.8 Å². The molecule has 0 atom stereocenters. The number of oxime groups is 1. The van der Waals surface area contributed by atoms with Gasteiger partial charge in [0.15, 0.2) is 0 Å². The first-order valence-electron chi connectivity index (χ1n) is 11.8. The van der Waals surface area contributed by atoms with E-state index >= 15 is 0 Å². The molecule has 0 fully saturated rings. The standard InChI is InChI=1S/C28H39NO3/c1-6-8-16-27(29-30-5)25-15-12-14-24(21-25)13-10-11-18-32-28-22(3)19-26(20-23(28)4)31-17-9-7-2/h7,9,12,14-15,19-21H,6,8,10-11,13,16-18H2,1-5H3/b9-7+,29-27+. The third kappa shape index (κ3) is 8.41. The van der Waals surface area contributed by atoms with Gasteiger partial charge < -0.3 is 14.3 Å². The van der Waals surface area contributed by atoms with E-state index < -0.39 is 0 Å². The quantitative estimate of drug-likeness (QED) is 0.136. The van der Waals surface area contributed by atoms with Crippen LogP contribution in [0.25, 0.3) is 0 Å². The monoisotopic (exact) mass is 437 g/mol. The zero-order chi connectivity index (χ0) is 23.2. The molecule has 2 aromatic carbocycles. The van der Waals surface area contributed by atoms with E-state index in [-0.39, 0.29) is 0 Å². The van der Waals surface area contributed by atoms with E-state index in [1.807, 2.05) is 19.1 Å². The fourth-order valence-corrected chi connectivity index (χ4v) is 3.67. The number of ether oxygens (including phenoxy) is 2. The highest BCUT2D eigenvalue weighted by Crippen LogP contribution is 2.28. The lowest BCUT2D eigenvalue weighted by molar-refractivity contribution is 0.212. The van der Waals surface area contributed by atoms with Gasteiger partial charge in [0.25, 0.3) is 0 Å². The van der Waals surface area contributed by atoms with Crippen molar-refractivity contribution < 1.29 is 14.3 Å². The molecule has 0 N–H and O–H groups in total. The van der Waals surface area contributed by atoms with Crippen LogP contribution in [0, 0.1) is 13.8 Å². The third-order valence-corrected chi connectivity index (χ3v) is 5.35. The Morgan fingerprint density at radius 2 is 1.78 bits per heavy atom. The Balaban J connectivity index is 1.85. The van der Waals surface area contributed by atoms with Crippen LogP contribution in [0.2, 0.25) is 0 Å². The molecule has 0 aromatic heterocycles. The summed E-state index contributed by atoms with van der Waals surface area (Å²) in [7, 11) is 1.61. The van der Waals surface area contributed by atoms with E-state index in [1.165, 1.54) is 5.56 Å². The van der Waals surface area contributed by atoms with Crippen molar-refractivity contribution in [2.24, 2.45) is 5.16 Å². The van der Waals surface area contributed by atoms with Crippen LogP contribution in [0.15, 0.2) is 53.7 Å². The van der Waals surface area contributed by atoms with E-state index in [4.69, 9.17) is 14.3 Å². The molecule has 2 rings (SSSR count). The summed E-state index contributed by atoms with van der Waals surface area (Å²) in [6, 6.07) is 12.8. The number of nitrogens with zero attached hydrogens (tertiary/aromatic N) is 1. The Morgan fingerprint density at radius 1 is 1.00 bits per heavy atom. The van der Waals surface area contributed by atoms with Crippen LogP contribution in [0.5, 0.6) is 11.5 Å². The minimum Gasteiger partial charge on any atom is -0.493 e. The smallest absolute Gasteiger partial charge is 0.125 e. The van der Waals surface area contributed by atoms with Crippen molar-refractivity contribution >= 4 is 5.71 Å². The topological polar surface area (TPSA) is 40.0 Å². The Bertz CT molecular complexity index is 863. The van der Waals surface area contributed by atoms with Crippen LogP contribution in [-0.2, 0) is 11.3 Å². The molecule has 0 aliphatic heterocycles. The lowest BCUT2D eigenvalue weighted by Crippen LogP contribution is -2.04. The summed E-state index contributed by atoms with van der Waals surface area (Å²) in [4.78, 5) is 5.06. The van der Waals surface area contributed by atoms with Crippen molar-refractivity contribution in [2.45, 2.75) is 66.2 Å². The lowest BCUT2D eigenvalue weighted by atomic mass is 10.00. The molecule has 0 amide bonds. The minimum atomic E-state index is 0.591. The molecule has 0 saturated carbocycles. The van der Waals surface area contributed by atoms with Crippen LogP contribution in [0.3, 0.4) is 0 Å². The predicted octanol–water partition coefficient (Wildman–Crippen LogP) is 7.20. The average molecular weight is 438 g/mol. The van der Waals surface area contributed by atoms with Crippen LogP contribution in [-0.4, -0.2) is 26.0 Å². The van der Waals surface area contributed by atoms with Gasteiger partial charge in [0, 0.05) is 0 Å². The fourth-order valence-electron chi connectivity index (χ4n) is 3.67. The molecule has 0 spiro atoms. The maximum atomic E-state index is 6.12. The predicted molar refractivity (Wildman–Crippen MR) is 134 cm³/mol. The summed E-state index contributed by atoms with van der Waals surface area (Å²) in [6.45, 7) is 9.65. The maximum absolute atomic E-state index is 6.12. The highest BCUT2D eigenvalue weighted by molar-refractivity contribution is 6.00. The second-order valence-corrected chi connectivity index (χ2v) is 8.10. The van der Waals surface area contributed by atoms with Crippen molar-refractivity contribution in [1.82, 2.24) is 0 Å². The van der Waals surface area contributed by atoms with Gasteiger partial charge in [0.2, 0.25) is 0 Å². The third-order valence-electron chi connectivity index (χ3n) is 5.35. The van der Waals surface area contributed by atoms with Crippen molar-refractivity contribution in [2.75, 3.05) is 20.3 Å². The Labute approximate surface area is 194 Å². The van der Waals surface area contributed by atoms with Crippen molar-refractivity contribution in [3.63, 3.8) is 0 Å². The molecule has 0 bridgehead atoms. The molecule has 0 radical (unpaired) electrons. The van der Waals surface area contributed by atoms with Gasteiger partial charge in [-0.05, 0) is 93.3 Å². The second-order valence-electron chi connectivity index (χ2n) is 8.10. The summed E-state index contributed by atoms with van der Waals surface area (Å²) in [5.74, 6) is 1.86. The van der Waals surface area contributed by atoms with E-state index in [2.05, 4.69) is 62.3 Å². The van der Waals surface area contributed by atoms with Crippen LogP contribution < -0.4 is 9.47 Å². The van der Waals surface area contributed by atoms with E-state index in [1.54, 1.807) is 7.11 Å². The highest BCUT2D eigenvalue weighted by atomic mass is 16.6. The largest absolute Gasteiger partial charge is 0.493 e. The Kier molecular flexibility index (Phi) is 11.4. The van der Waals surface area contributed by atoms with Gasteiger partial charge in [-0.1, -0.05) is 48.9 Å². The number of hydrogen-bond donors (Lipinski definition) is 0. The molecule has 0 saturated heterocycles. The van der Waals surface area contributed by atoms with Crippen molar-refractivity contribution in [1.29, 1.82) is 0 Å². The van der Waals surface area contributed by atoms with Crippen LogP contribution in [0.1, 0.15) is 68.2 Å². The lowest BCUT2D eigenvalue weighted by Gasteiger charge is -2.14. The first-order chi connectivity index (χ1) is 15.6. The number of aryl methyl sites for hydroxylation is 3. The van der Waals surface area contributed by atoms with E-state index in [0.717, 1.165) is 72.4 Å². The summed E-state index contributed by atoms with van der Waals surface area (Å²) in [5, 5.41) is 4.24. The SMILES string of the molecule is C/C=C/COc1cc(C)c(OCCCCc2cccc(/C(CCCC)=N/OC)c2)c(C)c1. The molecule has 2 aromatic rings. The Morgan fingerprint density at radius 3 is 2.47 bits per heavy atom. The molecule has 0 aliphatic rings. The molecule has 174 valence electrons. The van der Waals surface area contributed by atoms with Gasteiger partial charge in [-0.2, -0.15) is 0 Å². The summed E-state index contributed by atoms with van der Waals surface area (Å²) < 4.78 is 11.9. The average Bonchev–Trinajstić information content (AvgIpc) is 2.78. The molecule has 4 nitrogen and oxygen atoms in total. The van der Waals surface area contributed by atoms with Gasteiger partial charge in [-0.25, -0.2) is 0 Å². The van der Waals surface area contributed by atoms with E-state index in [0.29, 0.717) is 13.2 Å². The summed E-state index contributed by atoms with van der Waals surface area (Å²) in [6.07, 6.45) is 10.3. The highest BCUT2D eigenvalue weighted by Gasteiger charge is 2.08. The molecule has 32 heavy (non-hydrogen) atoms. The zero-order valence-corrected chi connectivity index (χ0v) is 20.4. The molecule has 0 aliphatic carbocycles. The van der Waals surface area contributed by atoms with Crippen molar-refractivity contribution in [3.8, 4) is 11.5 Å². The first kappa shape index (κ1) is 25.5. The van der Waals surface area contributed by atoms with Gasteiger partial charge in [0.05, 0.1) is 12.3 Å². The normalized spacial score (nSPS) is 11.7. The summed E-state index contributed by atoms with van der Waals surface area (Å²) >= 11 is 0. The zero-order valence-electron chi connectivity index (χ0n) is 20.4. The number of allylic oxidation sites excluding steroid dienone is 1. The van der Waals surface area contributed by atoms with Gasteiger partial charge in [-0.15, -0.1) is 0 Å². The number of benzene rings is 2. The van der Waals surface area contributed by atoms with Gasteiger partial charge in [0.1, 0.15) is 25.2 Å². The maximum Gasteiger partial charge on any atom is 0.125 e. The van der Waals surface area contributed by atoms with Crippen LogP contribution >= 0.6 is 0 Å². The van der Waals surface area contributed by atoms with Crippen LogP contribution in [0.4, 0.5) is 0 Å². The summed E-state index contributed by atoms with van der Waals surface area (Å²) in [5.41, 5.74) is 5.76. The number of unbranched alkanes of at least 4 members (excludes halogenated alkanes) is 2. The van der Waals surface area contributed by atoms with Gasteiger partial charge in [-0.3, -0.25) is 0 Å². The number of hydrogen-bond acceptors (Lipinski definition) is 4. The molecule has 4 heteroatoms. The molecule has 0 unspecified atom stereocenters. The van der Waals surface area contributed by atoms with Gasteiger partial charge >= 0.3 is 0 Å². The van der Waals surface area contributed by atoms with E-state index in [9.17, 15) is 0 Å². The molecular weight excluding hydrogens is 398 g/mol. The Hall–Kier alpha value is -2.75. The number of rotatable bonds is 14. The molecule has 0 heterocycles. The second kappa shape index (κ2) is 14.3.